The quantitative estimate of drug-likeness (QED) is 0.814. The molecule has 6 nitrogen and oxygen atoms in total. The van der Waals surface area contributed by atoms with Crippen LogP contribution < -0.4 is 15.6 Å². The Morgan fingerprint density at radius 2 is 2.35 bits per heavy atom. The fourth-order valence-electron chi connectivity index (χ4n) is 1.35. The number of nitrogens with zero attached hydrogens (tertiary/aromatic N) is 2. The maximum absolute atomic E-state index is 11.1. The summed E-state index contributed by atoms with van der Waals surface area (Å²) in [5.41, 5.74) is 1.57. The van der Waals surface area contributed by atoms with Gasteiger partial charge in [0.05, 0.1) is 19.0 Å². The van der Waals surface area contributed by atoms with E-state index in [4.69, 9.17) is 4.74 Å². The molecular formula is C11H12N4O2. The van der Waals surface area contributed by atoms with Gasteiger partial charge in [-0.2, -0.15) is 5.10 Å². The third kappa shape index (κ3) is 3.04. The topological polar surface area (TPSA) is 79.9 Å². The van der Waals surface area contributed by atoms with Crippen molar-refractivity contribution in [1.29, 1.82) is 0 Å². The van der Waals surface area contributed by atoms with Crippen molar-refractivity contribution in [2.24, 2.45) is 0 Å². The van der Waals surface area contributed by atoms with E-state index in [1.165, 1.54) is 7.11 Å². The van der Waals surface area contributed by atoms with Gasteiger partial charge in [-0.15, -0.1) is 5.10 Å². The van der Waals surface area contributed by atoms with Crippen LogP contribution in [0.5, 0.6) is 5.88 Å². The van der Waals surface area contributed by atoms with E-state index in [0.717, 1.165) is 11.3 Å². The van der Waals surface area contributed by atoms with Gasteiger partial charge in [0.1, 0.15) is 0 Å². The third-order valence-corrected chi connectivity index (χ3v) is 2.18. The summed E-state index contributed by atoms with van der Waals surface area (Å²) in [6.07, 6.45) is 3.21. The lowest BCUT2D eigenvalue weighted by Gasteiger charge is -2.06. The van der Waals surface area contributed by atoms with Crippen molar-refractivity contribution < 1.29 is 4.74 Å². The number of hydrogen-bond acceptors (Lipinski definition) is 5. The van der Waals surface area contributed by atoms with E-state index in [1.54, 1.807) is 24.5 Å². The second-order valence-electron chi connectivity index (χ2n) is 3.40. The molecule has 0 amide bonds. The van der Waals surface area contributed by atoms with Crippen molar-refractivity contribution >= 4 is 5.69 Å². The van der Waals surface area contributed by atoms with Crippen molar-refractivity contribution in [1.82, 2.24) is 15.2 Å². The normalized spacial score (nSPS) is 9.94. The van der Waals surface area contributed by atoms with Crippen LogP contribution in [0.3, 0.4) is 0 Å². The van der Waals surface area contributed by atoms with Crippen LogP contribution in [0.4, 0.5) is 5.69 Å². The predicted octanol–water partition coefficient (Wildman–Crippen LogP) is 0.786. The number of anilines is 1. The molecule has 2 aromatic heterocycles. The Labute approximate surface area is 97.7 Å². The van der Waals surface area contributed by atoms with E-state index in [2.05, 4.69) is 20.5 Å². The van der Waals surface area contributed by atoms with Crippen molar-refractivity contribution in [3.05, 3.63) is 46.5 Å². The zero-order valence-electron chi connectivity index (χ0n) is 9.30. The van der Waals surface area contributed by atoms with Gasteiger partial charge in [0.25, 0.3) is 0 Å². The van der Waals surface area contributed by atoms with E-state index in [1.807, 2.05) is 6.07 Å². The molecule has 0 bridgehead atoms. The Balaban J connectivity index is 2.04. The molecule has 0 fully saturated rings. The highest BCUT2D eigenvalue weighted by atomic mass is 16.5. The zero-order valence-corrected chi connectivity index (χ0v) is 9.30. The number of rotatable bonds is 4. The lowest BCUT2D eigenvalue weighted by atomic mass is 10.2. The first-order chi connectivity index (χ1) is 8.28. The van der Waals surface area contributed by atoms with Crippen molar-refractivity contribution in [3.8, 4) is 5.88 Å². The number of methoxy groups -OCH3 is 1. The maximum atomic E-state index is 11.1. The number of pyridine rings is 1. The largest absolute Gasteiger partial charge is 0.480 e. The Bertz CT molecular complexity index is 553. The molecule has 0 aliphatic carbocycles. The first kappa shape index (κ1) is 11.1. The molecule has 0 saturated carbocycles. The number of hydrogen-bond donors (Lipinski definition) is 2. The first-order valence-corrected chi connectivity index (χ1v) is 5.06. The highest BCUT2D eigenvalue weighted by Crippen LogP contribution is 2.12. The molecule has 0 aliphatic rings. The second kappa shape index (κ2) is 5.11. The summed E-state index contributed by atoms with van der Waals surface area (Å²) in [6, 6.07) is 5.11. The SMILES string of the molecule is COc1cc(NCc2cc[nH]c(=O)c2)cnn1. The van der Waals surface area contributed by atoms with E-state index >= 15 is 0 Å². The predicted molar refractivity (Wildman–Crippen MR) is 63.0 cm³/mol. The summed E-state index contributed by atoms with van der Waals surface area (Å²) in [7, 11) is 1.53. The summed E-state index contributed by atoms with van der Waals surface area (Å²) >= 11 is 0. The van der Waals surface area contributed by atoms with Crippen molar-refractivity contribution in [2.45, 2.75) is 6.54 Å². The van der Waals surface area contributed by atoms with Gasteiger partial charge in [0, 0.05) is 24.9 Å². The fourth-order valence-corrected chi connectivity index (χ4v) is 1.35. The maximum Gasteiger partial charge on any atom is 0.248 e. The molecule has 2 aromatic rings. The number of ether oxygens (including phenoxy) is 1. The summed E-state index contributed by atoms with van der Waals surface area (Å²) in [6.45, 7) is 0.540. The molecule has 6 heteroatoms. The van der Waals surface area contributed by atoms with Gasteiger partial charge >= 0.3 is 0 Å². The van der Waals surface area contributed by atoms with E-state index < -0.39 is 0 Å². The molecular weight excluding hydrogens is 220 g/mol. The van der Waals surface area contributed by atoms with Gasteiger partial charge in [-0.1, -0.05) is 0 Å². The average molecular weight is 232 g/mol. The molecule has 2 N–H and O–H groups in total. The molecule has 0 aliphatic heterocycles. The lowest BCUT2D eigenvalue weighted by Crippen LogP contribution is -2.07. The van der Waals surface area contributed by atoms with Gasteiger partial charge in [-0.25, -0.2) is 0 Å². The summed E-state index contributed by atoms with van der Waals surface area (Å²) in [5, 5.41) is 10.7. The number of aromatic nitrogens is 3. The first-order valence-electron chi connectivity index (χ1n) is 5.06. The minimum atomic E-state index is -0.116. The standard InChI is InChI=1S/C11H12N4O2/c1-17-11-5-9(7-14-15-11)13-6-8-2-3-12-10(16)4-8/h2-5,7H,6H2,1H3,(H,12,16)(H,13,15). The van der Waals surface area contributed by atoms with E-state index in [-0.39, 0.29) is 5.56 Å². The van der Waals surface area contributed by atoms with Crippen LogP contribution in [0.2, 0.25) is 0 Å². The lowest BCUT2D eigenvalue weighted by molar-refractivity contribution is 0.392. The smallest absolute Gasteiger partial charge is 0.248 e. The van der Waals surface area contributed by atoms with Gasteiger partial charge in [0.15, 0.2) is 0 Å². The van der Waals surface area contributed by atoms with Gasteiger partial charge in [-0.3, -0.25) is 4.79 Å². The van der Waals surface area contributed by atoms with Crippen LogP contribution in [0.25, 0.3) is 0 Å². The van der Waals surface area contributed by atoms with Gasteiger partial charge in [0.2, 0.25) is 11.4 Å². The van der Waals surface area contributed by atoms with Gasteiger partial charge < -0.3 is 15.0 Å². The zero-order chi connectivity index (χ0) is 12.1. The van der Waals surface area contributed by atoms with Crippen LogP contribution in [0, 0.1) is 0 Å². The molecule has 88 valence electrons. The molecule has 0 spiro atoms. The fraction of sp³-hybridized carbons (Fsp3) is 0.182. The number of H-pyrrole nitrogens is 1. The molecule has 0 atom stereocenters. The minimum Gasteiger partial charge on any atom is -0.480 e. The highest BCUT2D eigenvalue weighted by Gasteiger charge is 1.98. The Hall–Kier alpha value is -2.37. The number of nitrogens with one attached hydrogen (secondary N) is 2. The van der Waals surface area contributed by atoms with E-state index in [0.29, 0.717) is 12.4 Å². The monoisotopic (exact) mass is 232 g/mol. The molecule has 0 saturated heterocycles. The summed E-state index contributed by atoms with van der Waals surface area (Å²) in [5.74, 6) is 0.445. The molecule has 2 heterocycles. The molecule has 17 heavy (non-hydrogen) atoms. The molecule has 0 aromatic carbocycles. The molecule has 0 unspecified atom stereocenters. The second-order valence-corrected chi connectivity index (χ2v) is 3.40. The van der Waals surface area contributed by atoms with Gasteiger partial charge in [-0.05, 0) is 11.6 Å². The minimum absolute atomic E-state index is 0.116. The third-order valence-electron chi connectivity index (χ3n) is 2.18. The molecule has 2 rings (SSSR count). The van der Waals surface area contributed by atoms with Crippen LogP contribution in [-0.4, -0.2) is 22.3 Å². The summed E-state index contributed by atoms with van der Waals surface area (Å²) < 4.78 is 4.96. The Morgan fingerprint density at radius 1 is 1.47 bits per heavy atom. The van der Waals surface area contributed by atoms with Crippen LogP contribution in [0.1, 0.15) is 5.56 Å². The van der Waals surface area contributed by atoms with Crippen molar-refractivity contribution in [3.63, 3.8) is 0 Å². The van der Waals surface area contributed by atoms with Crippen LogP contribution in [-0.2, 0) is 6.54 Å². The average Bonchev–Trinajstić information content (AvgIpc) is 2.37. The Kier molecular flexibility index (Phi) is 3.34. The highest BCUT2D eigenvalue weighted by molar-refractivity contribution is 5.43. The molecule has 0 radical (unpaired) electrons. The van der Waals surface area contributed by atoms with E-state index in [9.17, 15) is 4.79 Å². The van der Waals surface area contributed by atoms with Crippen molar-refractivity contribution in [2.75, 3.05) is 12.4 Å². The van der Waals surface area contributed by atoms with Crippen LogP contribution in [0.15, 0.2) is 35.4 Å². The number of aromatic amines is 1. The Morgan fingerprint density at radius 3 is 3.12 bits per heavy atom. The summed E-state index contributed by atoms with van der Waals surface area (Å²) in [4.78, 5) is 13.6. The van der Waals surface area contributed by atoms with Crippen LogP contribution >= 0.6 is 0 Å².